The first-order valence-corrected chi connectivity index (χ1v) is 4.93. The quantitative estimate of drug-likeness (QED) is 0.559. The fourth-order valence-electron chi connectivity index (χ4n) is 1.85. The van der Waals surface area contributed by atoms with Crippen molar-refractivity contribution in [3.05, 3.63) is 33.8 Å². The summed E-state index contributed by atoms with van der Waals surface area (Å²) in [6.07, 6.45) is 2.16. The standard InChI is InChI=1S/C10H10Cl2/c1-6-4-7(11)5-9-8(6)2-3-10(9)12/h4-5,10H,2-3H2,1H3. The Morgan fingerprint density at radius 2 is 2.17 bits per heavy atom. The van der Waals surface area contributed by atoms with Crippen molar-refractivity contribution in [2.75, 3.05) is 0 Å². The van der Waals surface area contributed by atoms with Gasteiger partial charge in [-0.05, 0) is 48.6 Å². The second kappa shape index (κ2) is 2.93. The van der Waals surface area contributed by atoms with E-state index < -0.39 is 0 Å². The summed E-state index contributed by atoms with van der Waals surface area (Å²) < 4.78 is 0. The van der Waals surface area contributed by atoms with E-state index in [0.717, 1.165) is 17.9 Å². The molecule has 2 rings (SSSR count). The zero-order valence-corrected chi connectivity index (χ0v) is 8.41. The van der Waals surface area contributed by atoms with Gasteiger partial charge in [0.2, 0.25) is 0 Å². The van der Waals surface area contributed by atoms with Gasteiger partial charge in [-0.1, -0.05) is 11.6 Å². The average Bonchev–Trinajstić information content (AvgIpc) is 2.33. The Morgan fingerprint density at radius 1 is 1.42 bits per heavy atom. The lowest BCUT2D eigenvalue weighted by Crippen LogP contribution is -1.87. The minimum absolute atomic E-state index is 0.178. The van der Waals surface area contributed by atoms with Crippen LogP contribution in [-0.4, -0.2) is 0 Å². The lowest BCUT2D eigenvalue weighted by molar-refractivity contribution is 0.880. The first-order valence-electron chi connectivity index (χ1n) is 4.11. The summed E-state index contributed by atoms with van der Waals surface area (Å²) in [7, 11) is 0. The number of alkyl halides is 1. The molecule has 0 nitrogen and oxygen atoms in total. The van der Waals surface area contributed by atoms with Crippen LogP contribution in [0.25, 0.3) is 0 Å². The monoisotopic (exact) mass is 200 g/mol. The van der Waals surface area contributed by atoms with E-state index in [1.54, 1.807) is 0 Å². The molecule has 1 aliphatic rings. The lowest BCUT2D eigenvalue weighted by atomic mass is 10.1. The van der Waals surface area contributed by atoms with Gasteiger partial charge in [-0.2, -0.15) is 0 Å². The third kappa shape index (κ3) is 1.23. The molecule has 1 unspecified atom stereocenters. The van der Waals surface area contributed by atoms with E-state index in [9.17, 15) is 0 Å². The number of benzene rings is 1. The molecule has 0 saturated carbocycles. The zero-order valence-electron chi connectivity index (χ0n) is 6.90. The normalized spacial score (nSPS) is 21.1. The molecule has 0 fully saturated rings. The van der Waals surface area contributed by atoms with Crippen LogP contribution in [0.15, 0.2) is 12.1 Å². The van der Waals surface area contributed by atoms with Crippen LogP contribution < -0.4 is 0 Å². The van der Waals surface area contributed by atoms with Gasteiger partial charge in [-0.3, -0.25) is 0 Å². The highest BCUT2D eigenvalue weighted by molar-refractivity contribution is 6.31. The SMILES string of the molecule is Cc1cc(Cl)cc2c1CCC2Cl. The number of fused-ring (bicyclic) bond motifs is 1. The topological polar surface area (TPSA) is 0 Å². The summed E-state index contributed by atoms with van der Waals surface area (Å²) in [6.45, 7) is 2.10. The van der Waals surface area contributed by atoms with Crippen LogP contribution in [-0.2, 0) is 6.42 Å². The average molecular weight is 201 g/mol. The van der Waals surface area contributed by atoms with Crippen LogP contribution in [0.5, 0.6) is 0 Å². The zero-order chi connectivity index (χ0) is 8.72. The second-order valence-corrected chi connectivity index (χ2v) is 4.26. The largest absolute Gasteiger partial charge is 0.118 e. The van der Waals surface area contributed by atoms with E-state index in [-0.39, 0.29) is 5.38 Å². The maximum Gasteiger partial charge on any atom is 0.0591 e. The first kappa shape index (κ1) is 8.40. The Labute approximate surface area is 82.5 Å². The van der Waals surface area contributed by atoms with Crippen molar-refractivity contribution < 1.29 is 0 Å². The molecule has 2 heteroatoms. The van der Waals surface area contributed by atoms with Crippen molar-refractivity contribution >= 4 is 23.2 Å². The summed E-state index contributed by atoms with van der Waals surface area (Å²) in [6, 6.07) is 4.00. The summed E-state index contributed by atoms with van der Waals surface area (Å²) in [5.41, 5.74) is 3.92. The molecule has 0 spiro atoms. The van der Waals surface area contributed by atoms with Crippen LogP contribution in [0.1, 0.15) is 28.5 Å². The van der Waals surface area contributed by atoms with Crippen molar-refractivity contribution in [1.29, 1.82) is 0 Å². The Bertz CT molecular complexity index is 318. The minimum atomic E-state index is 0.178. The minimum Gasteiger partial charge on any atom is -0.118 e. The molecular formula is C10H10Cl2. The maximum atomic E-state index is 6.13. The molecule has 1 atom stereocenters. The molecule has 0 N–H and O–H groups in total. The number of halogens is 2. The van der Waals surface area contributed by atoms with Gasteiger partial charge in [0.15, 0.2) is 0 Å². The van der Waals surface area contributed by atoms with Gasteiger partial charge in [-0.25, -0.2) is 0 Å². The van der Waals surface area contributed by atoms with Crippen LogP contribution in [0.4, 0.5) is 0 Å². The summed E-state index contributed by atoms with van der Waals surface area (Å²) in [5, 5.41) is 0.983. The smallest absolute Gasteiger partial charge is 0.0591 e. The number of hydrogen-bond acceptors (Lipinski definition) is 0. The van der Waals surface area contributed by atoms with Crippen molar-refractivity contribution in [2.24, 2.45) is 0 Å². The van der Waals surface area contributed by atoms with Crippen LogP contribution >= 0.6 is 23.2 Å². The number of rotatable bonds is 0. The Hall–Kier alpha value is -0.200. The Morgan fingerprint density at radius 3 is 2.92 bits per heavy atom. The van der Waals surface area contributed by atoms with Gasteiger partial charge < -0.3 is 0 Å². The number of hydrogen-bond donors (Lipinski definition) is 0. The highest BCUT2D eigenvalue weighted by Gasteiger charge is 2.21. The molecule has 0 radical (unpaired) electrons. The predicted octanol–water partition coefficient (Wildman–Crippen LogP) is 3.87. The first-order chi connectivity index (χ1) is 5.68. The maximum absolute atomic E-state index is 6.13. The molecule has 0 heterocycles. The molecule has 0 bridgehead atoms. The molecule has 1 aromatic rings. The molecule has 0 amide bonds. The molecule has 0 aromatic heterocycles. The third-order valence-corrected chi connectivity index (χ3v) is 3.13. The molecule has 64 valence electrons. The van der Waals surface area contributed by atoms with Gasteiger partial charge in [0, 0.05) is 5.02 Å². The molecule has 0 aliphatic heterocycles. The van der Waals surface area contributed by atoms with Crippen LogP contribution in [0.3, 0.4) is 0 Å². The van der Waals surface area contributed by atoms with Gasteiger partial charge in [0.25, 0.3) is 0 Å². The van der Waals surface area contributed by atoms with E-state index in [4.69, 9.17) is 23.2 Å². The summed E-state index contributed by atoms with van der Waals surface area (Å²) in [4.78, 5) is 0. The fourth-order valence-corrected chi connectivity index (χ4v) is 2.43. The molecular weight excluding hydrogens is 191 g/mol. The van der Waals surface area contributed by atoms with E-state index in [1.807, 2.05) is 12.1 Å². The van der Waals surface area contributed by atoms with Crippen molar-refractivity contribution in [3.63, 3.8) is 0 Å². The van der Waals surface area contributed by atoms with Crippen molar-refractivity contribution in [3.8, 4) is 0 Å². The fraction of sp³-hybridized carbons (Fsp3) is 0.400. The predicted molar refractivity (Wildman–Crippen MR) is 53.1 cm³/mol. The molecule has 1 aromatic carbocycles. The Kier molecular flexibility index (Phi) is 2.05. The Balaban J connectivity index is 2.60. The van der Waals surface area contributed by atoms with Gasteiger partial charge in [0.1, 0.15) is 0 Å². The van der Waals surface area contributed by atoms with Crippen LogP contribution in [0, 0.1) is 6.92 Å². The summed E-state index contributed by atoms with van der Waals surface area (Å²) in [5.74, 6) is 0. The second-order valence-electron chi connectivity index (χ2n) is 3.30. The van der Waals surface area contributed by atoms with Crippen LogP contribution in [0.2, 0.25) is 5.02 Å². The van der Waals surface area contributed by atoms with E-state index >= 15 is 0 Å². The van der Waals surface area contributed by atoms with Crippen molar-refractivity contribution in [1.82, 2.24) is 0 Å². The summed E-state index contributed by atoms with van der Waals surface area (Å²) >= 11 is 12.1. The van der Waals surface area contributed by atoms with E-state index in [0.29, 0.717) is 0 Å². The van der Waals surface area contributed by atoms with Gasteiger partial charge >= 0.3 is 0 Å². The highest BCUT2D eigenvalue weighted by Crippen LogP contribution is 2.39. The van der Waals surface area contributed by atoms with E-state index in [1.165, 1.54) is 16.7 Å². The molecule has 1 aliphatic carbocycles. The van der Waals surface area contributed by atoms with E-state index in [2.05, 4.69) is 6.92 Å². The van der Waals surface area contributed by atoms with Gasteiger partial charge in [0.05, 0.1) is 5.38 Å². The highest BCUT2D eigenvalue weighted by atomic mass is 35.5. The molecule has 12 heavy (non-hydrogen) atoms. The number of aryl methyl sites for hydroxylation is 1. The van der Waals surface area contributed by atoms with Crippen molar-refractivity contribution in [2.45, 2.75) is 25.1 Å². The van der Waals surface area contributed by atoms with Gasteiger partial charge in [-0.15, -0.1) is 11.6 Å². The third-order valence-electron chi connectivity index (χ3n) is 2.46. The molecule has 0 saturated heterocycles. The lowest BCUT2D eigenvalue weighted by Gasteiger charge is -2.05.